The Morgan fingerprint density at radius 3 is 2.53 bits per heavy atom. The monoisotopic (exact) mass is 271 g/mol. The number of ether oxygens (including phenoxy) is 2. The molecule has 1 unspecified atom stereocenters. The Morgan fingerprint density at radius 1 is 1.21 bits per heavy atom. The van der Waals surface area contributed by atoms with Gasteiger partial charge < -0.3 is 25.2 Å². The first-order valence-electron chi connectivity index (χ1n) is 6.22. The van der Waals surface area contributed by atoms with Crippen LogP contribution in [-0.4, -0.2) is 59.6 Å². The molecule has 108 valence electrons. The fourth-order valence-corrected chi connectivity index (χ4v) is 1.38. The molecule has 1 rings (SSSR count). The van der Waals surface area contributed by atoms with E-state index in [1.165, 1.54) is 0 Å². The number of hydrogen-bond donors (Lipinski definition) is 3. The summed E-state index contributed by atoms with van der Waals surface area (Å²) in [6, 6.07) is -0.0404. The van der Waals surface area contributed by atoms with Crippen molar-refractivity contribution in [3.8, 4) is 6.01 Å². The van der Waals surface area contributed by atoms with Crippen LogP contribution in [0.4, 0.5) is 11.9 Å². The predicted octanol–water partition coefficient (Wildman–Crippen LogP) is 0.121. The van der Waals surface area contributed by atoms with Gasteiger partial charge >= 0.3 is 6.01 Å². The number of aliphatic hydroxyl groups is 1. The molecule has 1 heterocycles. The lowest BCUT2D eigenvalue weighted by Crippen LogP contribution is -2.30. The van der Waals surface area contributed by atoms with Crippen LogP contribution in [0.2, 0.25) is 0 Å². The third-order valence-electron chi connectivity index (χ3n) is 2.14. The number of aliphatic hydroxyl groups excluding tert-OH is 1. The van der Waals surface area contributed by atoms with Crippen molar-refractivity contribution in [1.82, 2.24) is 15.0 Å². The highest BCUT2D eigenvalue weighted by Crippen LogP contribution is 2.12. The fourth-order valence-electron chi connectivity index (χ4n) is 1.38. The van der Waals surface area contributed by atoms with Gasteiger partial charge in [0.05, 0.1) is 25.9 Å². The van der Waals surface area contributed by atoms with Crippen molar-refractivity contribution in [1.29, 1.82) is 0 Å². The third kappa shape index (κ3) is 5.23. The van der Waals surface area contributed by atoms with Crippen molar-refractivity contribution in [2.45, 2.75) is 19.9 Å². The van der Waals surface area contributed by atoms with E-state index in [0.717, 1.165) is 0 Å². The maximum atomic E-state index is 9.20. The van der Waals surface area contributed by atoms with E-state index in [2.05, 4.69) is 25.6 Å². The second-order valence-corrected chi connectivity index (χ2v) is 3.71. The fraction of sp³-hybridized carbons (Fsp3) is 0.727. The van der Waals surface area contributed by atoms with Gasteiger partial charge in [-0.2, -0.15) is 15.0 Å². The highest BCUT2D eigenvalue weighted by molar-refractivity contribution is 5.36. The van der Waals surface area contributed by atoms with Crippen LogP contribution in [0.5, 0.6) is 6.01 Å². The van der Waals surface area contributed by atoms with Gasteiger partial charge in [0, 0.05) is 13.7 Å². The average molecular weight is 271 g/mol. The van der Waals surface area contributed by atoms with Crippen molar-refractivity contribution in [3.05, 3.63) is 0 Å². The summed E-state index contributed by atoms with van der Waals surface area (Å²) in [7, 11) is 1.56. The van der Waals surface area contributed by atoms with Crippen molar-refractivity contribution in [2.24, 2.45) is 0 Å². The van der Waals surface area contributed by atoms with Crippen molar-refractivity contribution in [2.75, 3.05) is 44.1 Å². The van der Waals surface area contributed by atoms with Crippen LogP contribution >= 0.6 is 0 Å². The van der Waals surface area contributed by atoms with E-state index in [4.69, 9.17) is 9.47 Å². The summed E-state index contributed by atoms with van der Waals surface area (Å²) in [5, 5.41) is 15.2. The first-order chi connectivity index (χ1) is 9.23. The van der Waals surface area contributed by atoms with E-state index in [9.17, 15) is 5.11 Å². The van der Waals surface area contributed by atoms with Crippen LogP contribution in [0.3, 0.4) is 0 Å². The van der Waals surface area contributed by atoms with E-state index >= 15 is 0 Å². The molecule has 0 saturated carbocycles. The van der Waals surface area contributed by atoms with E-state index in [0.29, 0.717) is 31.7 Å². The van der Waals surface area contributed by atoms with Gasteiger partial charge in [0.15, 0.2) is 0 Å². The lowest BCUT2D eigenvalue weighted by molar-refractivity contribution is 0.153. The molecule has 0 aliphatic carbocycles. The molecular formula is C11H21N5O3. The van der Waals surface area contributed by atoms with Gasteiger partial charge in [-0.25, -0.2) is 0 Å². The highest BCUT2D eigenvalue weighted by atomic mass is 16.5. The number of rotatable bonds is 9. The number of anilines is 2. The minimum atomic E-state index is -0.281. The normalized spacial score (nSPS) is 12.0. The van der Waals surface area contributed by atoms with Gasteiger partial charge in [0.2, 0.25) is 11.9 Å². The van der Waals surface area contributed by atoms with Crippen LogP contribution in [0, 0.1) is 0 Å². The van der Waals surface area contributed by atoms with Crippen LogP contribution in [0.15, 0.2) is 0 Å². The molecule has 0 saturated heterocycles. The molecule has 8 nitrogen and oxygen atoms in total. The second-order valence-electron chi connectivity index (χ2n) is 3.71. The van der Waals surface area contributed by atoms with Gasteiger partial charge in [-0.15, -0.1) is 0 Å². The topological polar surface area (TPSA) is 101 Å². The third-order valence-corrected chi connectivity index (χ3v) is 2.14. The Kier molecular flexibility index (Phi) is 6.83. The Hall–Kier alpha value is -1.67. The molecule has 1 aromatic heterocycles. The summed E-state index contributed by atoms with van der Waals surface area (Å²) in [4.78, 5) is 12.4. The molecule has 0 aliphatic rings. The lowest BCUT2D eigenvalue weighted by atomic mass is 10.3. The van der Waals surface area contributed by atoms with Crippen LogP contribution < -0.4 is 15.4 Å². The van der Waals surface area contributed by atoms with Crippen molar-refractivity contribution < 1.29 is 14.6 Å². The van der Waals surface area contributed by atoms with Crippen LogP contribution in [-0.2, 0) is 4.74 Å². The van der Waals surface area contributed by atoms with Crippen molar-refractivity contribution >= 4 is 11.9 Å². The number of nitrogens with one attached hydrogen (secondary N) is 2. The Balaban J connectivity index is 2.84. The molecule has 0 fully saturated rings. The molecule has 1 aromatic rings. The average Bonchev–Trinajstić information content (AvgIpc) is 2.39. The van der Waals surface area contributed by atoms with E-state index in [-0.39, 0.29) is 18.7 Å². The molecule has 19 heavy (non-hydrogen) atoms. The van der Waals surface area contributed by atoms with E-state index in [1.807, 2.05) is 13.8 Å². The second kappa shape index (κ2) is 8.44. The summed E-state index contributed by atoms with van der Waals surface area (Å²) < 4.78 is 10.3. The summed E-state index contributed by atoms with van der Waals surface area (Å²) in [6.07, 6.45) is 0. The van der Waals surface area contributed by atoms with Crippen LogP contribution in [0.1, 0.15) is 13.8 Å². The van der Waals surface area contributed by atoms with Gasteiger partial charge in [0.25, 0.3) is 0 Å². The summed E-state index contributed by atoms with van der Waals surface area (Å²) in [5.41, 5.74) is 0. The molecule has 3 N–H and O–H groups in total. The number of hydrogen-bond acceptors (Lipinski definition) is 8. The predicted molar refractivity (Wildman–Crippen MR) is 71.5 cm³/mol. The largest absolute Gasteiger partial charge is 0.464 e. The summed E-state index contributed by atoms with van der Waals surface area (Å²) in [6.45, 7) is 5.22. The minimum Gasteiger partial charge on any atom is -0.464 e. The minimum absolute atomic E-state index is 0.0833. The lowest BCUT2D eigenvalue weighted by Gasteiger charge is -2.16. The van der Waals surface area contributed by atoms with E-state index < -0.39 is 0 Å². The highest BCUT2D eigenvalue weighted by Gasteiger charge is 2.12. The summed E-state index contributed by atoms with van der Waals surface area (Å²) >= 11 is 0. The number of nitrogens with zero attached hydrogens (tertiary/aromatic N) is 3. The Labute approximate surface area is 112 Å². The molecule has 0 amide bonds. The quantitative estimate of drug-likeness (QED) is 0.582. The van der Waals surface area contributed by atoms with Gasteiger partial charge in [0.1, 0.15) is 0 Å². The molecule has 0 aliphatic heterocycles. The molecule has 0 spiro atoms. The first-order valence-corrected chi connectivity index (χ1v) is 6.22. The maximum absolute atomic E-state index is 9.20. The Bertz CT molecular complexity index is 353. The molecule has 0 aromatic carbocycles. The number of aromatic nitrogens is 3. The summed E-state index contributed by atoms with van der Waals surface area (Å²) in [5.74, 6) is 0.767. The molecule has 1 atom stereocenters. The molecule has 8 heteroatoms. The zero-order valence-corrected chi connectivity index (χ0v) is 11.5. The molecule has 0 bridgehead atoms. The smallest absolute Gasteiger partial charge is 0.323 e. The van der Waals surface area contributed by atoms with Gasteiger partial charge in [-0.1, -0.05) is 0 Å². The SMILES string of the molecule is CCNc1nc(NC(CO)COC)nc(OCC)n1. The number of methoxy groups -OCH3 is 1. The van der Waals surface area contributed by atoms with Gasteiger partial charge in [-0.3, -0.25) is 0 Å². The van der Waals surface area contributed by atoms with Crippen molar-refractivity contribution in [3.63, 3.8) is 0 Å². The van der Waals surface area contributed by atoms with Crippen LogP contribution in [0.25, 0.3) is 0 Å². The maximum Gasteiger partial charge on any atom is 0.323 e. The Morgan fingerprint density at radius 2 is 1.95 bits per heavy atom. The molecular weight excluding hydrogens is 250 g/mol. The molecule has 0 radical (unpaired) electrons. The zero-order valence-electron chi connectivity index (χ0n) is 11.5. The first kappa shape index (κ1) is 15.4. The van der Waals surface area contributed by atoms with E-state index in [1.54, 1.807) is 7.11 Å². The van der Waals surface area contributed by atoms with Gasteiger partial charge in [-0.05, 0) is 13.8 Å². The zero-order chi connectivity index (χ0) is 14.1. The standard InChI is InChI=1S/C11H21N5O3/c1-4-12-9-14-10(13-8(6-17)7-18-3)16-11(15-9)19-5-2/h8,17H,4-7H2,1-3H3,(H2,12,13,14,15,16).